The fourth-order valence-corrected chi connectivity index (χ4v) is 4.73. The van der Waals surface area contributed by atoms with Crippen molar-refractivity contribution in [2.24, 2.45) is 0 Å². The molecule has 2 heterocycles. The molecule has 1 unspecified atom stereocenters. The number of carbonyl (C=O) groups is 1. The predicted molar refractivity (Wildman–Crippen MR) is 140 cm³/mol. The number of aryl methyl sites for hydroxylation is 1. The van der Waals surface area contributed by atoms with Crippen LogP contribution in [-0.4, -0.2) is 36.9 Å². The Labute approximate surface area is 211 Å². The first-order valence-corrected chi connectivity index (χ1v) is 12.6. The van der Waals surface area contributed by atoms with Gasteiger partial charge in [-0.15, -0.1) is 11.6 Å². The predicted octanol–water partition coefficient (Wildman–Crippen LogP) is 6.53. The van der Waals surface area contributed by atoms with Crippen LogP contribution < -0.4 is 14.4 Å². The summed E-state index contributed by atoms with van der Waals surface area (Å²) in [7, 11) is 1.41. The van der Waals surface area contributed by atoms with Gasteiger partial charge in [0.1, 0.15) is 11.5 Å². The molecule has 1 amide bonds. The van der Waals surface area contributed by atoms with Gasteiger partial charge in [-0.05, 0) is 69.2 Å². The number of nitrogens with zero attached hydrogens (tertiary/aromatic N) is 2. The molecule has 3 aromatic rings. The zero-order chi connectivity index (χ0) is 24.8. The summed E-state index contributed by atoms with van der Waals surface area (Å²) in [6, 6.07) is 13.7. The number of rotatable bonds is 8. The number of unbranched alkanes of at least 4 members (excludes halogenated alkanes) is 1. The van der Waals surface area contributed by atoms with Gasteiger partial charge in [-0.1, -0.05) is 11.8 Å². The van der Waals surface area contributed by atoms with Crippen molar-refractivity contribution in [1.29, 1.82) is 0 Å². The van der Waals surface area contributed by atoms with Gasteiger partial charge in [0.2, 0.25) is 0 Å². The van der Waals surface area contributed by atoms with E-state index in [1.165, 1.54) is 7.11 Å². The smallest absolute Gasteiger partial charge is 0.414 e. The fourth-order valence-electron chi connectivity index (χ4n) is 4.60. The molecule has 0 N–H and O–H groups in total. The molecule has 4 rings (SSSR count). The zero-order valence-corrected chi connectivity index (χ0v) is 21.2. The van der Waals surface area contributed by atoms with E-state index < -0.39 is 6.09 Å². The van der Waals surface area contributed by atoms with Gasteiger partial charge in [0.05, 0.1) is 37.6 Å². The van der Waals surface area contributed by atoms with Crippen LogP contribution in [0.5, 0.6) is 11.5 Å². The van der Waals surface area contributed by atoms with Crippen molar-refractivity contribution in [1.82, 2.24) is 4.57 Å². The molecule has 184 valence electrons. The number of hydrogen-bond acceptors (Lipinski definition) is 4. The van der Waals surface area contributed by atoms with E-state index in [0.717, 1.165) is 47.3 Å². The second-order valence-electron chi connectivity index (χ2n) is 8.23. The molecule has 1 aliphatic heterocycles. The normalized spacial score (nSPS) is 14.2. The van der Waals surface area contributed by atoms with E-state index in [0.29, 0.717) is 37.0 Å². The molecule has 6 nitrogen and oxygen atoms in total. The fraction of sp³-hybridized carbons (Fsp3) is 0.393. The summed E-state index contributed by atoms with van der Waals surface area (Å²) in [5, 5.41) is 1.09. The van der Waals surface area contributed by atoms with Gasteiger partial charge in [-0.2, -0.15) is 0 Å². The second kappa shape index (κ2) is 11.4. The van der Waals surface area contributed by atoms with E-state index in [2.05, 4.69) is 28.5 Å². The van der Waals surface area contributed by atoms with Crippen molar-refractivity contribution < 1.29 is 19.0 Å². The van der Waals surface area contributed by atoms with Gasteiger partial charge in [0.15, 0.2) is 0 Å². The Morgan fingerprint density at radius 2 is 1.86 bits per heavy atom. The highest BCUT2D eigenvalue weighted by atomic mass is 35.5. The molecule has 1 aliphatic rings. The number of alkyl halides is 1. The lowest BCUT2D eigenvalue weighted by atomic mass is 10.1. The Morgan fingerprint density at radius 1 is 1.11 bits per heavy atom. The van der Waals surface area contributed by atoms with Crippen LogP contribution in [-0.2, 0) is 11.3 Å². The SMILES string of the molecule is CCOc1ccc(N(C(=O)OC)C2CCn3c2cc2cc(OCC)ccc23)c(C#CCCCCl)c1. The quantitative estimate of drug-likeness (QED) is 0.203. The number of benzene rings is 2. The number of methoxy groups -OCH3 is 1. The summed E-state index contributed by atoms with van der Waals surface area (Å²) in [4.78, 5) is 14.9. The number of halogens is 1. The van der Waals surface area contributed by atoms with E-state index in [-0.39, 0.29) is 6.04 Å². The summed E-state index contributed by atoms with van der Waals surface area (Å²) in [6.45, 7) is 5.88. The summed E-state index contributed by atoms with van der Waals surface area (Å²) < 4.78 is 18.9. The Morgan fingerprint density at radius 3 is 2.57 bits per heavy atom. The van der Waals surface area contributed by atoms with Crippen LogP contribution in [0.1, 0.15) is 50.4 Å². The van der Waals surface area contributed by atoms with Crippen molar-refractivity contribution in [2.45, 2.75) is 45.7 Å². The van der Waals surface area contributed by atoms with E-state index in [1.807, 2.05) is 44.2 Å². The van der Waals surface area contributed by atoms with Crippen molar-refractivity contribution in [2.75, 3.05) is 31.1 Å². The number of carbonyl (C=O) groups excluding carboxylic acids is 1. The first kappa shape index (κ1) is 24.8. The number of anilines is 1. The summed E-state index contributed by atoms with van der Waals surface area (Å²) in [5.41, 5.74) is 3.62. The maximum Gasteiger partial charge on any atom is 0.414 e. The van der Waals surface area contributed by atoms with Gasteiger partial charge in [-0.25, -0.2) is 4.79 Å². The standard InChI is InChI=1S/C28H31ClN2O4/c1-4-34-22-11-13-25(20(17-22)9-7-6-8-15-29)31(28(32)33-3)26-14-16-30-24-12-10-23(35-5-2)18-21(24)19-27(26)30/h10-13,17-19,26H,4-6,8,14-16H2,1-3H3. The minimum atomic E-state index is -0.420. The first-order chi connectivity index (χ1) is 17.1. The minimum absolute atomic E-state index is 0.188. The molecular formula is C28H31ClN2O4. The Kier molecular flexibility index (Phi) is 8.09. The lowest BCUT2D eigenvalue weighted by Crippen LogP contribution is -2.34. The lowest BCUT2D eigenvalue weighted by Gasteiger charge is -2.28. The largest absolute Gasteiger partial charge is 0.494 e. The highest BCUT2D eigenvalue weighted by Crippen LogP contribution is 2.41. The Balaban J connectivity index is 1.78. The summed E-state index contributed by atoms with van der Waals surface area (Å²) in [6.07, 6.45) is 1.85. The van der Waals surface area contributed by atoms with Crippen LogP contribution in [0.3, 0.4) is 0 Å². The third-order valence-corrected chi connectivity index (χ3v) is 6.33. The van der Waals surface area contributed by atoms with Gasteiger partial charge >= 0.3 is 6.09 Å². The Bertz CT molecular complexity index is 1260. The maximum atomic E-state index is 13.2. The topological polar surface area (TPSA) is 52.9 Å². The maximum absolute atomic E-state index is 13.2. The monoisotopic (exact) mass is 494 g/mol. The summed E-state index contributed by atoms with van der Waals surface area (Å²) in [5.74, 6) is 8.54. The van der Waals surface area contributed by atoms with Crippen LogP contribution in [0.4, 0.5) is 10.5 Å². The van der Waals surface area contributed by atoms with Crippen molar-refractivity contribution >= 4 is 34.3 Å². The van der Waals surface area contributed by atoms with Crippen molar-refractivity contribution in [3.05, 3.63) is 53.7 Å². The Hall–Kier alpha value is -3.30. The van der Waals surface area contributed by atoms with E-state index in [9.17, 15) is 4.79 Å². The second-order valence-corrected chi connectivity index (χ2v) is 8.60. The van der Waals surface area contributed by atoms with Crippen LogP contribution in [0, 0.1) is 11.8 Å². The third-order valence-electron chi connectivity index (χ3n) is 6.06. The molecule has 0 radical (unpaired) electrons. The average molecular weight is 495 g/mol. The van der Waals surface area contributed by atoms with Gasteiger partial charge in [0, 0.05) is 35.4 Å². The number of fused-ring (bicyclic) bond motifs is 3. The van der Waals surface area contributed by atoms with Gasteiger partial charge < -0.3 is 18.8 Å². The molecule has 7 heteroatoms. The average Bonchev–Trinajstić information content (AvgIpc) is 3.42. The van der Waals surface area contributed by atoms with Crippen molar-refractivity contribution in [3.63, 3.8) is 0 Å². The minimum Gasteiger partial charge on any atom is -0.494 e. The first-order valence-electron chi connectivity index (χ1n) is 12.1. The molecule has 35 heavy (non-hydrogen) atoms. The molecule has 0 spiro atoms. The van der Waals surface area contributed by atoms with Gasteiger partial charge in [0.25, 0.3) is 0 Å². The highest BCUT2D eigenvalue weighted by Gasteiger charge is 2.35. The molecule has 0 bridgehead atoms. The van der Waals surface area contributed by atoms with Crippen LogP contribution >= 0.6 is 11.6 Å². The highest BCUT2D eigenvalue weighted by molar-refractivity contribution is 6.17. The van der Waals surface area contributed by atoms with Crippen molar-refractivity contribution in [3.8, 4) is 23.3 Å². The number of ether oxygens (including phenoxy) is 3. The molecule has 1 atom stereocenters. The molecule has 0 aliphatic carbocycles. The lowest BCUT2D eigenvalue weighted by molar-refractivity contribution is 0.175. The van der Waals surface area contributed by atoms with Crippen LogP contribution in [0.25, 0.3) is 10.9 Å². The number of amides is 1. The number of aromatic nitrogens is 1. The summed E-state index contributed by atoms with van der Waals surface area (Å²) >= 11 is 5.82. The molecule has 0 saturated heterocycles. The molecule has 0 saturated carbocycles. The zero-order valence-electron chi connectivity index (χ0n) is 20.5. The molecule has 0 fully saturated rings. The van der Waals surface area contributed by atoms with Crippen LogP contribution in [0.15, 0.2) is 42.5 Å². The van der Waals surface area contributed by atoms with Crippen LogP contribution in [0.2, 0.25) is 0 Å². The van der Waals surface area contributed by atoms with E-state index in [4.69, 9.17) is 25.8 Å². The third kappa shape index (κ3) is 5.21. The van der Waals surface area contributed by atoms with E-state index in [1.54, 1.807) is 4.90 Å². The molecular weight excluding hydrogens is 464 g/mol. The number of hydrogen-bond donors (Lipinski definition) is 0. The molecule has 1 aromatic heterocycles. The molecule has 2 aromatic carbocycles. The van der Waals surface area contributed by atoms with E-state index >= 15 is 0 Å². The van der Waals surface area contributed by atoms with Gasteiger partial charge in [-0.3, -0.25) is 4.90 Å².